The van der Waals surface area contributed by atoms with Crippen molar-refractivity contribution >= 4 is 25.5 Å². The van der Waals surface area contributed by atoms with Gasteiger partial charge in [0.2, 0.25) is 0 Å². The first kappa shape index (κ1) is 24.6. The second kappa shape index (κ2) is 10.9. The highest BCUT2D eigenvalue weighted by Gasteiger charge is 2.36. The Morgan fingerprint density at radius 2 is 1.62 bits per heavy atom. The number of carbonyl (C=O) groups excluding carboxylic acids is 3. The van der Waals surface area contributed by atoms with E-state index in [2.05, 4.69) is 6.58 Å². The van der Waals surface area contributed by atoms with Crippen LogP contribution in [0.25, 0.3) is 0 Å². The molecule has 0 fully saturated rings. The molecule has 2 atom stereocenters. The zero-order valence-electron chi connectivity index (χ0n) is 17.1. The fourth-order valence-electron chi connectivity index (χ4n) is 2.19. The highest BCUT2D eigenvalue weighted by Crippen LogP contribution is 2.58. The number of esters is 3. The highest BCUT2D eigenvalue weighted by molar-refractivity contribution is 7.59. The van der Waals surface area contributed by atoms with Gasteiger partial charge in [0, 0.05) is 13.8 Å². The summed E-state index contributed by atoms with van der Waals surface area (Å²) in [5.41, 5.74) is 0.425. The molecule has 0 saturated heterocycles. The first-order chi connectivity index (χ1) is 13.5. The van der Waals surface area contributed by atoms with Gasteiger partial charge in [0.15, 0.2) is 11.5 Å². The van der Waals surface area contributed by atoms with Gasteiger partial charge in [-0.2, -0.15) is 0 Å². The second-order valence-electron chi connectivity index (χ2n) is 5.72. The fraction of sp³-hybridized carbons (Fsp3) is 0.421. The predicted octanol–water partition coefficient (Wildman–Crippen LogP) is 3.92. The van der Waals surface area contributed by atoms with Crippen LogP contribution >= 0.6 is 7.60 Å². The molecule has 0 heterocycles. The van der Waals surface area contributed by atoms with Gasteiger partial charge in [-0.3, -0.25) is 18.7 Å². The zero-order valence-corrected chi connectivity index (χ0v) is 17.9. The van der Waals surface area contributed by atoms with E-state index in [1.165, 1.54) is 32.0 Å². The molecular weight excluding hydrogens is 403 g/mol. The van der Waals surface area contributed by atoms with Crippen molar-refractivity contribution in [2.75, 3.05) is 13.2 Å². The number of hydrogen-bond acceptors (Lipinski definition) is 9. The maximum Gasteiger partial charge on any atom is 0.368 e. The van der Waals surface area contributed by atoms with Crippen LogP contribution in [0, 0.1) is 0 Å². The molecule has 1 rings (SSSR count). The molecule has 0 amide bonds. The Balaban J connectivity index is 3.20. The van der Waals surface area contributed by atoms with Gasteiger partial charge in [0.05, 0.1) is 19.3 Å². The van der Waals surface area contributed by atoms with Gasteiger partial charge in [-0.05, 0) is 38.5 Å². The first-order valence-electron chi connectivity index (χ1n) is 8.84. The largest absolute Gasteiger partial charge is 0.462 e. The molecular formula is C19H25O9P. The molecule has 0 N–H and O–H groups in total. The van der Waals surface area contributed by atoms with E-state index in [1.807, 2.05) is 0 Å². The Kier molecular flexibility index (Phi) is 9.23. The molecule has 160 valence electrons. The molecule has 9 nitrogen and oxygen atoms in total. The summed E-state index contributed by atoms with van der Waals surface area (Å²) in [6.45, 7) is 10.7. The summed E-state index contributed by atoms with van der Waals surface area (Å²) >= 11 is 0. The molecule has 0 aliphatic carbocycles. The van der Waals surface area contributed by atoms with Crippen molar-refractivity contribution in [2.45, 2.75) is 40.7 Å². The summed E-state index contributed by atoms with van der Waals surface area (Å²) in [7, 11) is -4.06. The highest BCUT2D eigenvalue weighted by atomic mass is 31.2. The topological polar surface area (TPSA) is 114 Å². The van der Waals surface area contributed by atoms with E-state index in [9.17, 15) is 18.9 Å². The number of ether oxygens (including phenoxy) is 3. The summed E-state index contributed by atoms with van der Waals surface area (Å²) in [6.07, 6.45) is -0.862. The lowest BCUT2D eigenvalue weighted by Crippen LogP contribution is -2.12. The van der Waals surface area contributed by atoms with Crippen LogP contribution in [0.15, 0.2) is 30.1 Å². The lowest BCUT2D eigenvalue weighted by atomic mass is 10.1. The quantitative estimate of drug-likeness (QED) is 0.237. The van der Waals surface area contributed by atoms with E-state index in [0.29, 0.717) is 5.56 Å². The molecule has 0 saturated carbocycles. The molecule has 0 spiro atoms. The third-order valence-electron chi connectivity index (χ3n) is 3.38. The molecule has 0 bridgehead atoms. The Bertz CT molecular complexity index is 831. The summed E-state index contributed by atoms with van der Waals surface area (Å²) in [4.78, 5) is 34.5. The van der Waals surface area contributed by atoms with E-state index in [4.69, 9.17) is 23.3 Å². The van der Waals surface area contributed by atoms with Crippen LogP contribution in [-0.4, -0.2) is 31.1 Å². The first-order valence-corrected chi connectivity index (χ1v) is 10.4. The monoisotopic (exact) mass is 428 g/mol. The molecule has 29 heavy (non-hydrogen) atoms. The molecule has 10 heteroatoms. The maximum atomic E-state index is 13.1. The maximum absolute atomic E-state index is 13.1. The van der Waals surface area contributed by atoms with Crippen LogP contribution in [0.4, 0.5) is 0 Å². The van der Waals surface area contributed by atoms with Crippen LogP contribution in [0.3, 0.4) is 0 Å². The van der Waals surface area contributed by atoms with Crippen molar-refractivity contribution in [3.05, 3.63) is 35.7 Å². The summed E-state index contributed by atoms with van der Waals surface area (Å²) in [5.74, 6) is -2.09. The Morgan fingerprint density at radius 1 is 1.03 bits per heavy atom. The van der Waals surface area contributed by atoms with Crippen LogP contribution in [-0.2, 0) is 32.7 Å². The van der Waals surface area contributed by atoms with Crippen LogP contribution in [0.5, 0.6) is 11.5 Å². The minimum atomic E-state index is -4.06. The van der Waals surface area contributed by atoms with E-state index < -0.39 is 36.9 Å². The standard InChI is InChI=1S/C19H25O9P/c1-7-24-19(22)13(4)29(23,25-8-2)28-12(3)16-9-10-17(26-14(5)20)18(11-16)27-15(6)21/h9-12H,4,7-8H2,1-3,5-6H3. The Labute approximate surface area is 169 Å². The van der Waals surface area contributed by atoms with Gasteiger partial charge in [-0.1, -0.05) is 12.6 Å². The lowest BCUT2D eigenvalue weighted by Gasteiger charge is -2.23. The van der Waals surface area contributed by atoms with Crippen molar-refractivity contribution in [3.8, 4) is 11.5 Å². The minimum absolute atomic E-state index is 0.00646. The molecule has 0 aliphatic heterocycles. The van der Waals surface area contributed by atoms with Gasteiger partial charge in [-0.25, -0.2) is 4.79 Å². The SMILES string of the molecule is C=C(C(=O)OCC)P(=O)(OCC)OC(C)c1ccc(OC(C)=O)c(OC(C)=O)c1. The van der Waals surface area contributed by atoms with Crippen molar-refractivity contribution < 1.29 is 42.2 Å². The number of hydrogen-bond donors (Lipinski definition) is 0. The molecule has 1 aromatic carbocycles. The van der Waals surface area contributed by atoms with Crippen LogP contribution < -0.4 is 9.47 Å². The smallest absolute Gasteiger partial charge is 0.368 e. The van der Waals surface area contributed by atoms with Crippen LogP contribution in [0.2, 0.25) is 0 Å². The van der Waals surface area contributed by atoms with Crippen molar-refractivity contribution in [1.82, 2.24) is 0 Å². The van der Waals surface area contributed by atoms with Gasteiger partial charge in [0.25, 0.3) is 0 Å². The van der Waals surface area contributed by atoms with Gasteiger partial charge in [-0.15, -0.1) is 0 Å². The summed E-state index contributed by atoms with van der Waals surface area (Å²) < 4.78 is 38.7. The van der Waals surface area contributed by atoms with Crippen LogP contribution in [0.1, 0.15) is 46.3 Å². The third kappa shape index (κ3) is 7.12. The average Bonchev–Trinajstić information content (AvgIpc) is 2.61. The number of carbonyl (C=O) groups is 3. The van der Waals surface area contributed by atoms with Crippen molar-refractivity contribution in [1.29, 1.82) is 0 Å². The third-order valence-corrected chi connectivity index (χ3v) is 5.42. The molecule has 2 unspecified atom stereocenters. The number of rotatable bonds is 10. The molecule has 0 aliphatic rings. The molecule has 1 aromatic rings. The van der Waals surface area contributed by atoms with Gasteiger partial charge in [0.1, 0.15) is 5.31 Å². The van der Waals surface area contributed by atoms with Crippen molar-refractivity contribution in [3.63, 3.8) is 0 Å². The summed E-state index contributed by atoms with van der Waals surface area (Å²) in [6, 6.07) is 4.33. The van der Waals surface area contributed by atoms with E-state index in [1.54, 1.807) is 20.8 Å². The predicted molar refractivity (Wildman–Crippen MR) is 104 cm³/mol. The van der Waals surface area contributed by atoms with E-state index >= 15 is 0 Å². The van der Waals surface area contributed by atoms with Gasteiger partial charge < -0.3 is 18.7 Å². The number of benzene rings is 1. The van der Waals surface area contributed by atoms with Gasteiger partial charge >= 0.3 is 25.5 Å². The molecule has 0 aromatic heterocycles. The fourth-order valence-corrected chi connectivity index (χ4v) is 3.70. The normalized spacial score (nSPS) is 13.7. The Morgan fingerprint density at radius 3 is 2.14 bits per heavy atom. The minimum Gasteiger partial charge on any atom is -0.462 e. The van der Waals surface area contributed by atoms with E-state index in [0.717, 1.165) is 0 Å². The second-order valence-corrected chi connectivity index (χ2v) is 7.73. The average molecular weight is 428 g/mol. The molecule has 0 radical (unpaired) electrons. The lowest BCUT2D eigenvalue weighted by molar-refractivity contribution is -0.138. The zero-order chi connectivity index (χ0) is 22.2. The summed E-state index contributed by atoms with van der Waals surface area (Å²) in [5, 5.41) is -0.426. The van der Waals surface area contributed by atoms with E-state index in [-0.39, 0.29) is 24.7 Å². The Hall–Kier alpha value is -2.48. The van der Waals surface area contributed by atoms with Crippen molar-refractivity contribution in [2.24, 2.45) is 0 Å².